The standard InChI is InChI=1S/C78H147NO5/c1-3-5-7-9-11-13-15-17-19-21-23-24-28-31-35-38-42-46-50-54-58-62-66-70-76(81)75(74-80)79-77(82)71-67-63-59-55-51-47-43-39-36-32-29-26-25-27-30-33-37-41-45-49-53-57-61-65-69-73-84-78(83)72-68-64-60-56-52-48-44-40-34-22-20-18-16-14-12-10-8-6-4-2/h18,20,26-27,29-30,66,70,75-76,80-81H,3-17,19,21-25,28,31-65,67-69,71-74H2,1-2H3,(H,79,82)/b20-18-,29-26-,30-27-,70-66+. The highest BCUT2D eigenvalue weighted by Crippen LogP contribution is 2.19. The molecule has 494 valence electrons. The normalized spacial score (nSPS) is 12.8. The number of hydrogen-bond acceptors (Lipinski definition) is 5. The topological polar surface area (TPSA) is 95.9 Å². The average Bonchev–Trinajstić information content (AvgIpc) is 3.51. The third-order valence-electron chi connectivity index (χ3n) is 17.6. The van der Waals surface area contributed by atoms with Crippen LogP contribution in [-0.2, 0) is 14.3 Å². The molecule has 0 aliphatic carbocycles. The second-order valence-electron chi connectivity index (χ2n) is 26.0. The van der Waals surface area contributed by atoms with Gasteiger partial charge in [-0.25, -0.2) is 0 Å². The molecule has 0 aromatic rings. The zero-order chi connectivity index (χ0) is 60.6. The van der Waals surface area contributed by atoms with E-state index >= 15 is 0 Å². The van der Waals surface area contributed by atoms with Gasteiger partial charge in [-0.15, -0.1) is 0 Å². The molecular formula is C78H147NO5. The molecule has 0 rings (SSSR count). The van der Waals surface area contributed by atoms with Crippen LogP contribution in [-0.4, -0.2) is 47.4 Å². The van der Waals surface area contributed by atoms with Crippen LogP contribution in [0.15, 0.2) is 48.6 Å². The number of allylic oxidation sites excluding steroid dienone is 7. The molecule has 2 unspecified atom stereocenters. The Bertz CT molecular complexity index is 1400. The number of rotatable bonds is 71. The monoisotopic (exact) mass is 1180 g/mol. The van der Waals surface area contributed by atoms with Gasteiger partial charge < -0.3 is 20.3 Å². The molecule has 0 saturated heterocycles. The summed E-state index contributed by atoms with van der Waals surface area (Å²) in [7, 11) is 0. The van der Waals surface area contributed by atoms with Crippen LogP contribution in [0, 0.1) is 0 Å². The van der Waals surface area contributed by atoms with Crippen LogP contribution < -0.4 is 5.32 Å². The Balaban J connectivity index is 3.44. The summed E-state index contributed by atoms with van der Waals surface area (Å²) in [6, 6.07) is -0.635. The van der Waals surface area contributed by atoms with Crippen molar-refractivity contribution in [3.63, 3.8) is 0 Å². The number of aliphatic hydroxyl groups is 2. The molecule has 0 aliphatic rings. The van der Waals surface area contributed by atoms with E-state index in [0.717, 1.165) is 51.4 Å². The summed E-state index contributed by atoms with van der Waals surface area (Å²) >= 11 is 0. The van der Waals surface area contributed by atoms with Crippen molar-refractivity contribution in [3.05, 3.63) is 48.6 Å². The summed E-state index contributed by atoms with van der Waals surface area (Å²) < 4.78 is 5.51. The number of ether oxygens (including phenoxy) is 1. The Morgan fingerprint density at radius 3 is 0.917 bits per heavy atom. The van der Waals surface area contributed by atoms with Crippen LogP contribution in [0.1, 0.15) is 412 Å². The van der Waals surface area contributed by atoms with E-state index in [4.69, 9.17) is 4.74 Å². The van der Waals surface area contributed by atoms with Crippen LogP contribution in [0.4, 0.5) is 0 Å². The number of nitrogens with one attached hydrogen (secondary N) is 1. The third kappa shape index (κ3) is 68.9. The minimum Gasteiger partial charge on any atom is -0.466 e. The number of aliphatic hydroxyl groups excluding tert-OH is 2. The van der Waals surface area contributed by atoms with Crippen LogP contribution >= 0.6 is 0 Å². The van der Waals surface area contributed by atoms with Gasteiger partial charge in [0.25, 0.3) is 0 Å². The van der Waals surface area contributed by atoms with Crippen molar-refractivity contribution in [2.45, 2.75) is 424 Å². The highest BCUT2D eigenvalue weighted by atomic mass is 16.5. The van der Waals surface area contributed by atoms with E-state index in [2.05, 4.69) is 55.6 Å². The Kier molecular flexibility index (Phi) is 71.4. The van der Waals surface area contributed by atoms with Gasteiger partial charge in [0, 0.05) is 12.8 Å². The minimum absolute atomic E-state index is 0.00867. The molecule has 84 heavy (non-hydrogen) atoms. The maximum Gasteiger partial charge on any atom is 0.305 e. The van der Waals surface area contributed by atoms with Gasteiger partial charge in [-0.05, 0) is 89.9 Å². The predicted octanol–water partition coefficient (Wildman–Crippen LogP) is 24.8. The first-order chi connectivity index (χ1) is 41.5. The van der Waals surface area contributed by atoms with Crippen molar-refractivity contribution in [1.29, 1.82) is 0 Å². The molecule has 0 spiro atoms. The lowest BCUT2D eigenvalue weighted by Gasteiger charge is -2.20. The van der Waals surface area contributed by atoms with E-state index in [1.54, 1.807) is 6.08 Å². The molecule has 0 fully saturated rings. The SMILES string of the molecule is CCCCCCCC/C=C\CCCCCCCCCCCC(=O)OCCCCCCCCCCC/C=C\C/C=C\CCCCCCCCCCCC(=O)NC(CO)C(O)/C=C/CCCCCCCCCCCCCCCCCCCCCCC. The van der Waals surface area contributed by atoms with Crippen LogP contribution in [0.3, 0.4) is 0 Å². The van der Waals surface area contributed by atoms with E-state index in [1.807, 2.05) is 6.08 Å². The summed E-state index contributed by atoms with van der Waals surface area (Å²) in [5.74, 6) is -0.0618. The number of amides is 1. The zero-order valence-electron chi connectivity index (χ0n) is 56.6. The van der Waals surface area contributed by atoms with Gasteiger partial charge in [-0.1, -0.05) is 358 Å². The quantitative estimate of drug-likeness (QED) is 0.0320. The number of unbranched alkanes of at least 4 members (excludes halogenated alkanes) is 54. The van der Waals surface area contributed by atoms with E-state index in [1.165, 1.54) is 334 Å². The molecule has 1 amide bonds. The van der Waals surface area contributed by atoms with Gasteiger partial charge >= 0.3 is 5.97 Å². The molecule has 0 aromatic carbocycles. The van der Waals surface area contributed by atoms with Crippen molar-refractivity contribution < 1.29 is 24.5 Å². The summed E-state index contributed by atoms with van der Waals surface area (Å²) in [5, 5.41) is 23.3. The first kappa shape index (κ1) is 81.8. The fourth-order valence-corrected chi connectivity index (χ4v) is 11.8. The van der Waals surface area contributed by atoms with Crippen molar-refractivity contribution in [1.82, 2.24) is 5.32 Å². The van der Waals surface area contributed by atoms with Crippen LogP contribution in [0.5, 0.6) is 0 Å². The molecule has 6 nitrogen and oxygen atoms in total. The first-order valence-corrected chi connectivity index (χ1v) is 37.9. The predicted molar refractivity (Wildman–Crippen MR) is 370 cm³/mol. The van der Waals surface area contributed by atoms with Crippen molar-refractivity contribution in [2.75, 3.05) is 13.2 Å². The van der Waals surface area contributed by atoms with Crippen molar-refractivity contribution in [3.8, 4) is 0 Å². The number of carbonyl (C=O) groups is 2. The minimum atomic E-state index is -0.851. The maximum absolute atomic E-state index is 12.5. The summed E-state index contributed by atoms with van der Waals surface area (Å²) in [6.45, 7) is 4.93. The Morgan fingerprint density at radius 2 is 0.595 bits per heavy atom. The van der Waals surface area contributed by atoms with Crippen LogP contribution in [0.2, 0.25) is 0 Å². The molecule has 0 heterocycles. The van der Waals surface area contributed by atoms with Gasteiger partial charge in [0.05, 0.1) is 25.4 Å². The smallest absolute Gasteiger partial charge is 0.305 e. The molecule has 2 atom stereocenters. The molecular weight excluding hydrogens is 1030 g/mol. The average molecular weight is 1180 g/mol. The number of hydrogen-bond donors (Lipinski definition) is 3. The van der Waals surface area contributed by atoms with Crippen molar-refractivity contribution in [2.24, 2.45) is 0 Å². The second kappa shape index (κ2) is 73.3. The number of esters is 1. The van der Waals surface area contributed by atoms with Gasteiger partial charge in [-0.3, -0.25) is 9.59 Å². The molecule has 0 bridgehead atoms. The second-order valence-corrected chi connectivity index (χ2v) is 26.0. The molecule has 3 N–H and O–H groups in total. The Morgan fingerprint density at radius 1 is 0.333 bits per heavy atom. The Labute approximate surface area is 525 Å². The summed E-state index contributed by atoms with van der Waals surface area (Å²) in [6.07, 6.45) is 96.3. The van der Waals surface area contributed by atoms with Gasteiger partial charge in [0.1, 0.15) is 0 Å². The van der Waals surface area contributed by atoms with Gasteiger partial charge in [-0.2, -0.15) is 0 Å². The van der Waals surface area contributed by atoms with Gasteiger partial charge in [0.15, 0.2) is 0 Å². The van der Waals surface area contributed by atoms with Gasteiger partial charge in [0.2, 0.25) is 5.91 Å². The fourth-order valence-electron chi connectivity index (χ4n) is 11.8. The Hall–Kier alpha value is -2.18. The highest BCUT2D eigenvalue weighted by molar-refractivity contribution is 5.76. The first-order valence-electron chi connectivity index (χ1n) is 37.9. The van der Waals surface area contributed by atoms with E-state index in [-0.39, 0.29) is 18.5 Å². The number of carbonyl (C=O) groups excluding carboxylic acids is 2. The van der Waals surface area contributed by atoms with E-state index in [9.17, 15) is 19.8 Å². The lowest BCUT2D eigenvalue weighted by molar-refractivity contribution is -0.143. The van der Waals surface area contributed by atoms with Crippen LogP contribution in [0.25, 0.3) is 0 Å². The fraction of sp³-hybridized carbons (Fsp3) is 0.872. The summed E-state index contributed by atoms with van der Waals surface area (Å²) in [5.41, 5.74) is 0. The molecule has 0 aliphatic heterocycles. The zero-order valence-corrected chi connectivity index (χ0v) is 56.6. The summed E-state index contributed by atoms with van der Waals surface area (Å²) in [4.78, 5) is 24.7. The lowest BCUT2D eigenvalue weighted by Crippen LogP contribution is -2.45. The van der Waals surface area contributed by atoms with E-state index < -0.39 is 12.1 Å². The molecule has 0 radical (unpaired) electrons. The molecule has 0 aromatic heterocycles. The molecule has 0 saturated carbocycles. The van der Waals surface area contributed by atoms with E-state index in [0.29, 0.717) is 19.4 Å². The van der Waals surface area contributed by atoms with Crippen molar-refractivity contribution >= 4 is 11.9 Å². The lowest BCUT2D eigenvalue weighted by atomic mass is 10.0. The largest absolute Gasteiger partial charge is 0.466 e. The highest BCUT2D eigenvalue weighted by Gasteiger charge is 2.18. The third-order valence-corrected chi connectivity index (χ3v) is 17.6. The molecule has 6 heteroatoms. The maximum atomic E-state index is 12.5.